The molecule has 0 spiro atoms. The van der Waals surface area contributed by atoms with Crippen molar-refractivity contribution in [3.05, 3.63) is 45.9 Å². The van der Waals surface area contributed by atoms with Gasteiger partial charge in [-0.05, 0) is 33.6 Å². The third kappa shape index (κ3) is 2.77. The van der Waals surface area contributed by atoms with Crippen molar-refractivity contribution in [3.8, 4) is 0 Å². The van der Waals surface area contributed by atoms with E-state index in [0.717, 1.165) is 16.7 Å². The first-order valence-corrected chi connectivity index (χ1v) is 5.98. The Hall–Kier alpha value is -1.000. The maximum Gasteiger partial charge on any atom is 0.143 e. The van der Waals surface area contributed by atoms with Crippen molar-refractivity contribution in [2.45, 2.75) is 6.54 Å². The smallest absolute Gasteiger partial charge is 0.143 e. The molecule has 0 aliphatic rings. The first-order valence-electron chi connectivity index (χ1n) is 4.81. The maximum absolute atomic E-state index is 5.81. The Labute approximate surface area is 108 Å². The lowest BCUT2D eigenvalue weighted by atomic mass is 10.3. The van der Waals surface area contributed by atoms with Gasteiger partial charge in [-0.25, -0.2) is 4.98 Å². The van der Waals surface area contributed by atoms with Gasteiger partial charge in [-0.1, -0.05) is 11.6 Å². The molecule has 2 rings (SSSR count). The van der Waals surface area contributed by atoms with Crippen LogP contribution < -0.4 is 5.32 Å². The SMILES string of the molecule is Cn1ccc(CNc2cnc(Cl)c(Br)c2)c1. The molecule has 0 aliphatic heterocycles. The predicted octanol–water partition coefficient (Wildman–Crippen LogP) is 3.45. The minimum atomic E-state index is 0.477. The van der Waals surface area contributed by atoms with Gasteiger partial charge in [0.05, 0.1) is 16.4 Å². The van der Waals surface area contributed by atoms with Crippen LogP contribution in [0.25, 0.3) is 0 Å². The minimum absolute atomic E-state index is 0.477. The Balaban J connectivity index is 2.02. The van der Waals surface area contributed by atoms with Crippen LogP contribution >= 0.6 is 27.5 Å². The second kappa shape index (κ2) is 4.89. The lowest BCUT2D eigenvalue weighted by molar-refractivity contribution is 0.920. The topological polar surface area (TPSA) is 29.9 Å². The molecule has 5 heteroatoms. The number of halogens is 2. The van der Waals surface area contributed by atoms with E-state index in [1.807, 2.05) is 23.9 Å². The van der Waals surface area contributed by atoms with E-state index in [9.17, 15) is 0 Å². The maximum atomic E-state index is 5.81. The van der Waals surface area contributed by atoms with Gasteiger partial charge < -0.3 is 9.88 Å². The molecule has 0 fully saturated rings. The van der Waals surface area contributed by atoms with Crippen LogP contribution in [0.3, 0.4) is 0 Å². The predicted molar refractivity (Wildman–Crippen MR) is 69.7 cm³/mol. The van der Waals surface area contributed by atoms with E-state index in [1.54, 1.807) is 6.20 Å². The number of aromatic nitrogens is 2. The number of hydrogen-bond donors (Lipinski definition) is 1. The number of nitrogens with zero attached hydrogens (tertiary/aromatic N) is 2. The van der Waals surface area contributed by atoms with Crippen LogP contribution in [0, 0.1) is 0 Å². The number of hydrogen-bond acceptors (Lipinski definition) is 2. The summed E-state index contributed by atoms with van der Waals surface area (Å²) in [7, 11) is 2.00. The number of aryl methyl sites for hydroxylation is 1. The summed E-state index contributed by atoms with van der Waals surface area (Å²) in [6, 6.07) is 3.99. The molecule has 1 N–H and O–H groups in total. The molecule has 0 saturated carbocycles. The molecule has 0 unspecified atom stereocenters. The van der Waals surface area contributed by atoms with E-state index in [0.29, 0.717) is 5.15 Å². The summed E-state index contributed by atoms with van der Waals surface area (Å²) >= 11 is 9.15. The van der Waals surface area contributed by atoms with Gasteiger partial charge in [-0.3, -0.25) is 0 Å². The second-order valence-electron chi connectivity index (χ2n) is 3.54. The Morgan fingerprint density at radius 1 is 1.56 bits per heavy atom. The van der Waals surface area contributed by atoms with Crippen molar-refractivity contribution in [3.63, 3.8) is 0 Å². The lowest BCUT2D eigenvalue weighted by Crippen LogP contribution is -1.99. The first-order chi connectivity index (χ1) is 7.65. The molecule has 0 saturated heterocycles. The summed E-state index contributed by atoms with van der Waals surface area (Å²) in [5.74, 6) is 0. The highest BCUT2D eigenvalue weighted by Crippen LogP contribution is 2.23. The second-order valence-corrected chi connectivity index (χ2v) is 4.75. The van der Waals surface area contributed by atoms with E-state index in [1.165, 1.54) is 5.56 Å². The van der Waals surface area contributed by atoms with E-state index < -0.39 is 0 Å². The molecule has 0 amide bonds. The average Bonchev–Trinajstić information content (AvgIpc) is 2.66. The Morgan fingerprint density at radius 2 is 2.38 bits per heavy atom. The summed E-state index contributed by atoms with van der Waals surface area (Å²) in [6.45, 7) is 0.774. The molecule has 0 atom stereocenters. The van der Waals surface area contributed by atoms with E-state index >= 15 is 0 Å². The molecule has 2 aromatic heterocycles. The highest BCUT2D eigenvalue weighted by molar-refractivity contribution is 9.10. The van der Waals surface area contributed by atoms with Crippen LogP contribution in [0.2, 0.25) is 5.15 Å². The Kier molecular flexibility index (Phi) is 3.51. The third-order valence-corrected chi connectivity index (χ3v) is 3.32. The normalized spacial score (nSPS) is 10.4. The molecule has 0 aliphatic carbocycles. The van der Waals surface area contributed by atoms with Crippen LogP contribution in [-0.2, 0) is 13.6 Å². The highest BCUT2D eigenvalue weighted by Gasteiger charge is 2.00. The molecule has 16 heavy (non-hydrogen) atoms. The van der Waals surface area contributed by atoms with Gasteiger partial charge in [0.25, 0.3) is 0 Å². The molecule has 2 aromatic rings. The lowest BCUT2D eigenvalue weighted by Gasteiger charge is -2.05. The highest BCUT2D eigenvalue weighted by atomic mass is 79.9. The van der Waals surface area contributed by atoms with Crippen molar-refractivity contribution in [1.29, 1.82) is 0 Å². The monoisotopic (exact) mass is 299 g/mol. The van der Waals surface area contributed by atoms with Gasteiger partial charge in [0.1, 0.15) is 5.15 Å². The molecule has 0 bridgehead atoms. The molecular weight excluding hydrogens is 289 g/mol. The quantitative estimate of drug-likeness (QED) is 0.880. The van der Waals surface area contributed by atoms with Crippen LogP contribution in [0.5, 0.6) is 0 Å². The fourth-order valence-corrected chi connectivity index (χ4v) is 1.84. The standard InChI is InChI=1S/C11H11BrClN3/c1-16-3-2-8(7-16)5-14-9-4-10(12)11(13)15-6-9/h2-4,6-7,14H,5H2,1H3. The third-order valence-electron chi connectivity index (χ3n) is 2.19. The average molecular weight is 301 g/mol. The number of nitrogens with one attached hydrogen (secondary N) is 1. The molecule has 0 aromatic carbocycles. The molecule has 3 nitrogen and oxygen atoms in total. The van der Waals surface area contributed by atoms with E-state index in [-0.39, 0.29) is 0 Å². The van der Waals surface area contributed by atoms with Crippen LogP contribution in [0.1, 0.15) is 5.56 Å². The zero-order valence-corrected chi connectivity index (χ0v) is 11.1. The van der Waals surface area contributed by atoms with E-state index in [2.05, 4.69) is 38.5 Å². The fourth-order valence-electron chi connectivity index (χ4n) is 1.39. The van der Waals surface area contributed by atoms with Gasteiger partial charge in [-0.15, -0.1) is 0 Å². The van der Waals surface area contributed by atoms with Gasteiger partial charge >= 0.3 is 0 Å². The largest absolute Gasteiger partial charge is 0.380 e. The number of pyridine rings is 1. The van der Waals surface area contributed by atoms with Crippen LogP contribution in [0.4, 0.5) is 5.69 Å². The first kappa shape index (κ1) is 11.5. The summed E-state index contributed by atoms with van der Waals surface area (Å²) in [4.78, 5) is 4.05. The van der Waals surface area contributed by atoms with Crippen molar-refractivity contribution >= 4 is 33.2 Å². The van der Waals surface area contributed by atoms with Crippen LogP contribution in [-0.4, -0.2) is 9.55 Å². The summed E-state index contributed by atoms with van der Waals surface area (Å²) < 4.78 is 2.82. The van der Waals surface area contributed by atoms with Gasteiger partial charge in [0, 0.05) is 26.0 Å². The minimum Gasteiger partial charge on any atom is -0.380 e. The van der Waals surface area contributed by atoms with Crippen molar-refractivity contribution in [2.24, 2.45) is 7.05 Å². The Morgan fingerprint density at radius 3 is 3.00 bits per heavy atom. The molecular formula is C11H11BrClN3. The van der Waals surface area contributed by atoms with Crippen molar-refractivity contribution < 1.29 is 0 Å². The fraction of sp³-hybridized carbons (Fsp3) is 0.182. The molecule has 2 heterocycles. The van der Waals surface area contributed by atoms with Crippen LogP contribution in [0.15, 0.2) is 35.2 Å². The summed E-state index contributed by atoms with van der Waals surface area (Å²) in [5, 5.41) is 3.75. The zero-order chi connectivity index (χ0) is 11.5. The number of rotatable bonds is 3. The van der Waals surface area contributed by atoms with Gasteiger partial charge in [-0.2, -0.15) is 0 Å². The van der Waals surface area contributed by atoms with Crippen molar-refractivity contribution in [2.75, 3.05) is 5.32 Å². The molecule has 0 radical (unpaired) electrons. The van der Waals surface area contributed by atoms with Gasteiger partial charge in [0.15, 0.2) is 0 Å². The summed E-state index contributed by atoms with van der Waals surface area (Å²) in [5.41, 5.74) is 2.17. The van der Waals surface area contributed by atoms with Crippen molar-refractivity contribution in [1.82, 2.24) is 9.55 Å². The zero-order valence-electron chi connectivity index (χ0n) is 8.74. The Bertz CT molecular complexity index is 496. The molecule has 84 valence electrons. The summed E-state index contributed by atoms with van der Waals surface area (Å²) in [6.07, 6.45) is 5.81. The van der Waals surface area contributed by atoms with Gasteiger partial charge in [0.2, 0.25) is 0 Å². The van der Waals surface area contributed by atoms with E-state index in [4.69, 9.17) is 11.6 Å². The number of anilines is 1.